The zero-order valence-electron chi connectivity index (χ0n) is 50.0. The number of unbranched alkanes of at least 4 members (excludes halogenated alkanes) is 32. The van der Waals surface area contributed by atoms with Crippen molar-refractivity contribution in [1.82, 2.24) is 5.32 Å². The number of esters is 1. The molecule has 78 heavy (non-hydrogen) atoms. The molecule has 1 heterocycles. The van der Waals surface area contributed by atoms with Crippen molar-refractivity contribution < 1.29 is 49.3 Å². The van der Waals surface area contributed by atoms with Crippen LogP contribution in [0.3, 0.4) is 0 Å². The smallest absolute Gasteiger partial charge is 0.306 e. The number of carbonyl (C=O) groups excluding carboxylic acids is 2. The number of aliphatic hydroxyl groups is 5. The summed E-state index contributed by atoms with van der Waals surface area (Å²) in [6.45, 7) is 5.62. The summed E-state index contributed by atoms with van der Waals surface area (Å²) in [6.07, 6.45) is 59.5. The summed E-state index contributed by atoms with van der Waals surface area (Å²) in [5, 5.41) is 57.0. The van der Waals surface area contributed by atoms with E-state index in [2.05, 4.69) is 68.6 Å². The van der Waals surface area contributed by atoms with E-state index in [9.17, 15) is 35.1 Å². The Hall–Kier alpha value is -2.90. The van der Waals surface area contributed by atoms with Crippen molar-refractivity contribution in [2.75, 3.05) is 13.2 Å². The summed E-state index contributed by atoms with van der Waals surface area (Å²) in [7, 11) is 0. The van der Waals surface area contributed by atoms with Crippen molar-refractivity contribution in [3.8, 4) is 0 Å². The Labute approximate surface area is 477 Å². The van der Waals surface area contributed by atoms with Gasteiger partial charge < -0.3 is 45.1 Å². The van der Waals surface area contributed by atoms with Crippen molar-refractivity contribution in [2.45, 2.75) is 327 Å². The third-order valence-corrected chi connectivity index (χ3v) is 14.9. The number of allylic oxidation sites excluding steroid dienone is 11. The quantitative estimate of drug-likeness (QED) is 0.0149. The number of rotatable bonds is 54. The highest BCUT2D eigenvalue weighted by molar-refractivity contribution is 5.80. The summed E-state index contributed by atoms with van der Waals surface area (Å²) in [4.78, 5) is 26.5. The molecule has 0 radical (unpaired) electrons. The third kappa shape index (κ3) is 42.0. The van der Waals surface area contributed by atoms with E-state index in [1.165, 1.54) is 148 Å². The molecule has 452 valence electrons. The van der Waals surface area contributed by atoms with Crippen LogP contribution in [0.25, 0.3) is 0 Å². The monoisotopic (exact) mass is 1100 g/mol. The molecule has 1 fully saturated rings. The molecule has 6 N–H and O–H groups in total. The average molecular weight is 1100 g/mol. The Balaban J connectivity index is 2.61. The second-order valence-corrected chi connectivity index (χ2v) is 22.2. The minimum Gasteiger partial charge on any atom is -0.454 e. The lowest BCUT2D eigenvalue weighted by atomic mass is 9.99. The number of aliphatic hydroxyl groups excluding tert-OH is 5. The van der Waals surface area contributed by atoms with E-state index in [0.717, 1.165) is 83.5 Å². The first kappa shape index (κ1) is 73.1. The predicted molar refractivity (Wildman–Crippen MR) is 324 cm³/mol. The van der Waals surface area contributed by atoms with Crippen molar-refractivity contribution in [1.29, 1.82) is 0 Å². The van der Waals surface area contributed by atoms with Crippen LogP contribution in [0.1, 0.15) is 278 Å². The molecule has 1 amide bonds. The molecule has 0 spiro atoms. The molecule has 0 aromatic carbocycles. The topological polar surface area (TPSA) is 175 Å². The maximum absolute atomic E-state index is 13.4. The summed E-state index contributed by atoms with van der Waals surface area (Å²) in [6, 6.07) is -1.03. The van der Waals surface area contributed by atoms with E-state index in [-0.39, 0.29) is 19.4 Å². The first-order chi connectivity index (χ1) is 38.2. The van der Waals surface area contributed by atoms with E-state index in [1.54, 1.807) is 6.08 Å². The van der Waals surface area contributed by atoms with Crippen LogP contribution in [0.4, 0.5) is 0 Å². The van der Waals surface area contributed by atoms with E-state index >= 15 is 0 Å². The zero-order chi connectivity index (χ0) is 56.8. The standard InChI is InChI=1S/C67H119NO10/c1-4-7-10-13-16-19-22-25-26-27-28-29-30-31-32-33-34-35-37-39-42-45-48-51-54-60(71)66(75)68-58(59(70)53-50-47-44-41-38-24-21-18-15-12-9-6-3)57-76-67-65(64(74)63(73)61(56-69)77-67)78-62(72)55-52-49-46-43-40-36-23-20-17-14-11-8-5-2/h8,11,14,16-17,19-20,23,25-26,50,53,58-61,63-65,67,69-71,73-74H,4-7,9-10,12-13,15,18,21-22,24,27-49,51-52,54-57H2,1-3H3,(H,68,75)/b11-8+,17-14+,19-16-,23-20-,26-25-,53-50+. The lowest BCUT2D eigenvalue weighted by Crippen LogP contribution is -2.61. The largest absolute Gasteiger partial charge is 0.454 e. The first-order valence-electron chi connectivity index (χ1n) is 32.2. The minimum absolute atomic E-state index is 0.0991. The molecule has 8 atom stereocenters. The van der Waals surface area contributed by atoms with Gasteiger partial charge in [-0.15, -0.1) is 0 Å². The van der Waals surface area contributed by atoms with Gasteiger partial charge in [-0.25, -0.2) is 0 Å². The van der Waals surface area contributed by atoms with Gasteiger partial charge in [-0.3, -0.25) is 9.59 Å². The Morgan fingerprint density at radius 1 is 0.526 bits per heavy atom. The first-order valence-corrected chi connectivity index (χ1v) is 32.2. The van der Waals surface area contributed by atoms with Gasteiger partial charge >= 0.3 is 5.97 Å². The van der Waals surface area contributed by atoms with Gasteiger partial charge in [-0.05, 0) is 77.0 Å². The second kappa shape index (κ2) is 54.7. The van der Waals surface area contributed by atoms with Crippen molar-refractivity contribution in [3.63, 3.8) is 0 Å². The Bertz CT molecular complexity index is 1540. The number of nitrogens with one attached hydrogen (secondary N) is 1. The van der Waals surface area contributed by atoms with E-state index < -0.39 is 67.4 Å². The Morgan fingerprint density at radius 2 is 0.974 bits per heavy atom. The van der Waals surface area contributed by atoms with Gasteiger partial charge in [0.05, 0.1) is 25.4 Å². The van der Waals surface area contributed by atoms with Crippen molar-refractivity contribution in [3.05, 3.63) is 72.9 Å². The molecule has 8 unspecified atom stereocenters. The van der Waals surface area contributed by atoms with Gasteiger partial charge in [0.15, 0.2) is 12.4 Å². The van der Waals surface area contributed by atoms with Crippen molar-refractivity contribution in [2.24, 2.45) is 0 Å². The van der Waals surface area contributed by atoms with Crippen LogP contribution >= 0.6 is 0 Å². The molecule has 1 saturated heterocycles. The Morgan fingerprint density at radius 3 is 1.50 bits per heavy atom. The molecule has 1 aliphatic heterocycles. The summed E-state index contributed by atoms with van der Waals surface area (Å²) in [5.74, 6) is -1.21. The lowest BCUT2D eigenvalue weighted by molar-refractivity contribution is -0.305. The van der Waals surface area contributed by atoms with Crippen LogP contribution in [-0.2, 0) is 23.8 Å². The van der Waals surface area contributed by atoms with Gasteiger partial charge in [0.1, 0.15) is 24.4 Å². The Kier molecular flexibility index (Phi) is 51.3. The molecule has 1 rings (SSSR count). The number of hydrogen-bond donors (Lipinski definition) is 6. The zero-order valence-corrected chi connectivity index (χ0v) is 50.0. The molecule has 0 aromatic heterocycles. The fraction of sp³-hybridized carbons (Fsp3) is 0.791. The van der Waals surface area contributed by atoms with Crippen LogP contribution in [0.5, 0.6) is 0 Å². The summed E-state index contributed by atoms with van der Waals surface area (Å²) >= 11 is 0. The van der Waals surface area contributed by atoms with Gasteiger partial charge in [-0.1, -0.05) is 267 Å². The van der Waals surface area contributed by atoms with Crippen LogP contribution in [0.15, 0.2) is 72.9 Å². The highest BCUT2D eigenvalue weighted by Gasteiger charge is 2.47. The van der Waals surface area contributed by atoms with E-state index in [0.29, 0.717) is 12.8 Å². The molecule has 0 saturated carbocycles. The maximum Gasteiger partial charge on any atom is 0.306 e. The molecule has 11 nitrogen and oxygen atoms in total. The van der Waals surface area contributed by atoms with Gasteiger partial charge in [-0.2, -0.15) is 0 Å². The fourth-order valence-electron chi connectivity index (χ4n) is 9.80. The van der Waals surface area contributed by atoms with Crippen molar-refractivity contribution >= 4 is 11.9 Å². The predicted octanol–water partition coefficient (Wildman–Crippen LogP) is 15.6. The molecule has 11 heteroatoms. The molecular weight excluding hydrogens is 979 g/mol. The van der Waals surface area contributed by atoms with Gasteiger partial charge in [0.25, 0.3) is 0 Å². The number of amides is 1. The van der Waals surface area contributed by atoms with Crippen LogP contribution in [0.2, 0.25) is 0 Å². The highest BCUT2D eigenvalue weighted by Crippen LogP contribution is 2.26. The normalized spacial score (nSPS) is 19.4. The summed E-state index contributed by atoms with van der Waals surface area (Å²) < 4.78 is 17.6. The van der Waals surface area contributed by atoms with Gasteiger partial charge in [0.2, 0.25) is 5.91 Å². The van der Waals surface area contributed by atoms with E-state index in [1.807, 2.05) is 24.3 Å². The summed E-state index contributed by atoms with van der Waals surface area (Å²) in [5.41, 5.74) is 0. The maximum atomic E-state index is 13.4. The number of hydrogen-bond acceptors (Lipinski definition) is 10. The molecule has 0 bridgehead atoms. The minimum atomic E-state index is -1.62. The number of carbonyl (C=O) groups is 2. The SMILES string of the molecule is CC/C=C/C=C/C=C\CCCCCCCC(=O)OC1C(OCC(NC(=O)C(O)CCCCCCCCCCCCCCCC/C=C\C/C=C\CCCCC)C(O)/C=C/CCCCCCCCCCCC)OC(CO)C(O)C1O. The number of ether oxygens (including phenoxy) is 3. The van der Waals surface area contributed by atoms with E-state index in [4.69, 9.17) is 14.2 Å². The van der Waals surface area contributed by atoms with Crippen LogP contribution in [0, 0.1) is 0 Å². The lowest BCUT2D eigenvalue weighted by Gasteiger charge is -2.41. The van der Waals surface area contributed by atoms with Crippen LogP contribution in [-0.4, -0.2) is 99.6 Å². The molecule has 0 aliphatic carbocycles. The molecule has 0 aromatic rings. The third-order valence-electron chi connectivity index (χ3n) is 14.9. The molecular formula is C67H119NO10. The highest BCUT2D eigenvalue weighted by atomic mass is 16.7. The van der Waals surface area contributed by atoms with Crippen LogP contribution < -0.4 is 5.32 Å². The molecule has 1 aliphatic rings. The van der Waals surface area contributed by atoms with Gasteiger partial charge in [0, 0.05) is 6.42 Å². The average Bonchev–Trinajstić information content (AvgIpc) is 3.44. The second-order valence-electron chi connectivity index (χ2n) is 22.2. The fourth-order valence-corrected chi connectivity index (χ4v) is 9.80.